The molecule has 0 saturated heterocycles. The van der Waals surface area contributed by atoms with Crippen LogP contribution in [-0.2, 0) is 22.9 Å². The molecule has 1 N–H and O–H groups in total. The van der Waals surface area contributed by atoms with E-state index < -0.39 is 20.8 Å². The number of carbonyl (C=O) groups excluding carboxylic acids is 1. The molecule has 0 saturated carbocycles. The standard InChI is InChI=1S/C13H25NO6Si/c1-5-11-14(12(15)9-10-13(16)17)21(18-6-2,19-7-3)20-8-4/h9-10H,5-8,11H2,1-4H3,(H,16,17). The van der Waals surface area contributed by atoms with Crippen molar-refractivity contribution >= 4 is 20.8 Å². The van der Waals surface area contributed by atoms with Gasteiger partial charge in [-0.05, 0) is 27.2 Å². The molecule has 0 atom stereocenters. The summed E-state index contributed by atoms with van der Waals surface area (Å²) in [7, 11) is -3.34. The Balaban J connectivity index is 5.46. The molecule has 7 nitrogen and oxygen atoms in total. The number of carboxylic acids is 1. The fourth-order valence-electron chi connectivity index (χ4n) is 1.74. The van der Waals surface area contributed by atoms with E-state index in [0.717, 1.165) is 12.2 Å². The van der Waals surface area contributed by atoms with E-state index in [1.165, 1.54) is 4.57 Å². The largest absolute Gasteiger partial charge is 0.636 e. The lowest BCUT2D eigenvalue weighted by Crippen LogP contribution is -2.63. The molecule has 0 aromatic rings. The molecule has 0 aliphatic rings. The first kappa shape index (κ1) is 19.8. The lowest BCUT2D eigenvalue weighted by atomic mass is 10.4. The van der Waals surface area contributed by atoms with Crippen LogP contribution in [0.1, 0.15) is 34.1 Å². The maximum atomic E-state index is 12.3. The Bertz CT molecular complexity index is 344. The number of rotatable bonds is 11. The van der Waals surface area contributed by atoms with Crippen molar-refractivity contribution in [1.29, 1.82) is 0 Å². The topological polar surface area (TPSA) is 85.3 Å². The molecule has 0 rings (SSSR count). The van der Waals surface area contributed by atoms with Gasteiger partial charge in [-0.1, -0.05) is 6.92 Å². The highest BCUT2D eigenvalue weighted by atomic mass is 28.4. The van der Waals surface area contributed by atoms with Crippen molar-refractivity contribution in [2.75, 3.05) is 26.4 Å². The molecule has 0 heterocycles. The number of carbonyl (C=O) groups is 2. The molecule has 0 aliphatic heterocycles. The molecule has 0 aliphatic carbocycles. The molecule has 0 spiro atoms. The summed E-state index contributed by atoms with van der Waals surface area (Å²) in [6.45, 7) is 8.66. The van der Waals surface area contributed by atoms with Crippen LogP contribution in [0, 0.1) is 0 Å². The molecule has 0 radical (unpaired) electrons. The van der Waals surface area contributed by atoms with E-state index in [1.807, 2.05) is 6.92 Å². The zero-order valence-electron chi connectivity index (χ0n) is 13.1. The first-order chi connectivity index (χ1) is 9.97. The monoisotopic (exact) mass is 319 g/mol. The molecule has 8 heteroatoms. The van der Waals surface area contributed by atoms with E-state index in [4.69, 9.17) is 18.4 Å². The fraction of sp³-hybridized carbons (Fsp3) is 0.692. The van der Waals surface area contributed by atoms with Gasteiger partial charge in [-0.15, -0.1) is 0 Å². The van der Waals surface area contributed by atoms with Crippen LogP contribution < -0.4 is 0 Å². The van der Waals surface area contributed by atoms with Crippen LogP contribution in [0.15, 0.2) is 12.2 Å². The Morgan fingerprint density at radius 2 is 1.48 bits per heavy atom. The molecule has 0 fully saturated rings. The van der Waals surface area contributed by atoms with Gasteiger partial charge in [0.25, 0.3) is 0 Å². The summed E-state index contributed by atoms with van der Waals surface area (Å²) in [5.41, 5.74) is 0. The van der Waals surface area contributed by atoms with Crippen molar-refractivity contribution in [3.05, 3.63) is 12.2 Å². The minimum atomic E-state index is -3.34. The molecule has 21 heavy (non-hydrogen) atoms. The van der Waals surface area contributed by atoms with Crippen molar-refractivity contribution < 1.29 is 28.0 Å². The Hall–Kier alpha value is -1.22. The number of hydrogen-bond acceptors (Lipinski definition) is 5. The predicted octanol–water partition coefficient (Wildman–Crippen LogP) is 1.41. The normalized spacial score (nSPS) is 11.8. The molecule has 0 bridgehead atoms. The molecular formula is C13H25NO6Si. The minimum absolute atomic E-state index is 0.336. The quantitative estimate of drug-likeness (QED) is 0.458. The van der Waals surface area contributed by atoms with Crippen molar-refractivity contribution in [2.45, 2.75) is 34.1 Å². The fourth-order valence-corrected chi connectivity index (χ4v) is 4.40. The summed E-state index contributed by atoms with van der Waals surface area (Å²) >= 11 is 0. The van der Waals surface area contributed by atoms with Gasteiger partial charge in [0, 0.05) is 38.5 Å². The molecule has 122 valence electrons. The van der Waals surface area contributed by atoms with Crippen molar-refractivity contribution in [3.63, 3.8) is 0 Å². The highest BCUT2D eigenvalue weighted by molar-refractivity contribution is 6.60. The second-order valence-electron chi connectivity index (χ2n) is 3.98. The van der Waals surface area contributed by atoms with Gasteiger partial charge in [0.2, 0.25) is 5.91 Å². The maximum absolute atomic E-state index is 12.3. The Kier molecular flexibility index (Phi) is 9.88. The van der Waals surface area contributed by atoms with Crippen molar-refractivity contribution in [2.24, 2.45) is 0 Å². The second-order valence-corrected chi connectivity index (χ2v) is 6.44. The summed E-state index contributed by atoms with van der Waals surface area (Å²) in [5.74, 6) is -1.67. The molecule has 0 aromatic heterocycles. The summed E-state index contributed by atoms with van der Waals surface area (Å²) in [4.78, 5) is 22.9. The lowest BCUT2D eigenvalue weighted by molar-refractivity contribution is -0.132. The van der Waals surface area contributed by atoms with E-state index in [1.54, 1.807) is 20.8 Å². The number of carboxylic acid groups (broad SMARTS) is 1. The van der Waals surface area contributed by atoms with Crippen LogP contribution in [0.25, 0.3) is 0 Å². The third kappa shape index (κ3) is 6.38. The highest BCUT2D eigenvalue weighted by Gasteiger charge is 2.50. The van der Waals surface area contributed by atoms with E-state index in [0.29, 0.717) is 32.8 Å². The van der Waals surface area contributed by atoms with Crippen LogP contribution in [0.4, 0.5) is 0 Å². The van der Waals surface area contributed by atoms with Gasteiger partial charge in [-0.3, -0.25) is 9.36 Å². The maximum Gasteiger partial charge on any atom is 0.636 e. The minimum Gasteiger partial charge on any atom is -0.478 e. The van der Waals surface area contributed by atoms with Gasteiger partial charge >= 0.3 is 14.9 Å². The van der Waals surface area contributed by atoms with E-state index in [-0.39, 0.29) is 0 Å². The van der Waals surface area contributed by atoms with Gasteiger partial charge in [-0.25, -0.2) is 4.79 Å². The Morgan fingerprint density at radius 3 is 1.81 bits per heavy atom. The zero-order chi connectivity index (χ0) is 16.3. The van der Waals surface area contributed by atoms with Gasteiger partial charge in [0.15, 0.2) is 0 Å². The van der Waals surface area contributed by atoms with Crippen LogP contribution in [-0.4, -0.2) is 56.9 Å². The first-order valence-electron chi connectivity index (χ1n) is 7.11. The highest BCUT2D eigenvalue weighted by Crippen LogP contribution is 2.17. The van der Waals surface area contributed by atoms with Gasteiger partial charge in [0.1, 0.15) is 0 Å². The summed E-state index contributed by atoms with van der Waals surface area (Å²) in [6.07, 6.45) is 2.47. The Labute approximate surface area is 126 Å². The van der Waals surface area contributed by atoms with Crippen LogP contribution in [0.2, 0.25) is 0 Å². The Morgan fingerprint density at radius 1 is 1.00 bits per heavy atom. The molecule has 0 aromatic carbocycles. The van der Waals surface area contributed by atoms with Crippen LogP contribution >= 0.6 is 0 Å². The van der Waals surface area contributed by atoms with Crippen molar-refractivity contribution in [3.8, 4) is 0 Å². The van der Waals surface area contributed by atoms with Gasteiger partial charge in [0.05, 0.1) is 0 Å². The average molecular weight is 319 g/mol. The summed E-state index contributed by atoms with van der Waals surface area (Å²) < 4.78 is 18.4. The first-order valence-corrected chi connectivity index (χ1v) is 8.78. The van der Waals surface area contributed by atoms with E-state index in [9.17, 15) is 9.59 Å². The number of nitrogens with zero attached hydrogens (tertiary/aromatic N) is 1. The third-order valence-corrected chi connectivity index (χ3v) is 5.46. The predicted molar refractivity (Wildman–Crippen MR) is 79.4 cm³/mol. The second kappa shape index (κ2) is 10.5. The summed E-state index contributed by atoms with van der Waals surface area (Å²) in [6, 6.07) is 0. The lowest BCUT2D eigenvalue weighted by Gasteiger charge is -2.36. The van der Waals surface area contributed by atoms with Crippen LogP contribution in [0.5, 0.6) is 0 Å². The van der Waals surface area contributed by atoms with E-state index in [2.05, 4.69) is 0 Å². The average Bonchev–Trinajstić information content (AvgIpc) is 2.42. The molecular weight excluding hydrogens is 294 g/mol. The number of aliphatic carboxylic acids is 1. The molecule has 1 amide bonds. The number of hydrogen-bond donors (Lipinski definition) is 1. The molecule has 0 unspecified atom stereocenters. The van der Waals surface area contributed by atoms with Gasteiger partial charge in [-0.2, -0.15) is 0 Å². The summed E-state index contributed by atoms with van der Waals surface area (Å²) in [5, 5.41) is 8.65. The van der Waals surface area contributed by atoms with Crippen LogP contribution in [0.3, 0.4) is 0 Å². The van der Waals surface area contributed by atoms with E-state index >= 15 is 0 Å². The zero-order valence-corrected chi connectivity index (χ0v) is 14.1. The smallest absolute Gasteiger partial charge is 0.478 e. The van der Waals surface area contributed by atoms with Gasteiger partial charge < -0.3 is 18.4 Å². The van der Waals surface area contributed by atoms with Crippen molar-refractivity contribution in [1.82, 2.24) is 4.57 Å². The third-order valence-electron chi connectivity index (χ3n) is 2.39. The number of amides is 1. The SMILES string of the molecule is CCCN(C(=O)C=CC(=O)O)[Si](OCC)(OCC)OCC.